The van der Waals surface area contributed by atoms with Crippen molar-refractivity contribution < 1.29 is 9.85 Å². The van der Waals surface area contributed by atoms with Gasteiger partial charge < -0.3 is 0 Å². The lowest BCUT2D eigenvalue weighted by molar-refractivity contribution is -0.393. The number of nitro groups is 2. The SMILES string of the molecule is C[Si](C)(C)/C(=N\Nc1ccc([N+](=O)[O-])cc1[N+](=O)[O-])c1ccccc1. The van der Waals surface area contributed by atoms with E-state index in [0.29, 0.717) is 0 Å². The lowest BCUT2D eigenvalue weighted by atomic mass is 10.2. The van der Waals surface area contributed by atoms with Crippen LogP contribution in [0.15, 0.2) is 53.6 Å². The Kier molecular flexibility index (Phi) is 5.28. The molecule has 2 aromatic rings. The molecule has 0 bridgehead atoms. The van der Waals surface area contributed by atoms with Crippen molar-refractivity contribution >= 4 is 30.5 Å². The van der Waals surface area contributed by atoms with Crippen molar-refractivity contribution in [2.24, 2.45) is 5.10 Å². The normalized spacial score (nSPS) is 11.9. The lowest BCUT2D eigenvalue weighted by Gasteiger charge is -2.19. The van der Waals surface area contributed by atoms with Gasteiger partial charge in [-0.2, -0.15) is 5.10 Å². The average Bonchev–Trinajstić information content (AvgIpc) is 2.54. The highest BCUT2D eigenvalue weighted by atomic mass is 28.3. The van der Waals surface area contributed by atoms with Crippen molar-refractivity contribution in [1.29, 1.82) is 0 Å². The van der Waals surface area contributed by atoms with Crippen molar-refractivity contribution in [2.75, 3.05) is 5.43 Å². The molecule has 0 fully saturated rings. The first-order chi connectivity index (χ1) is 11.7. The first-order valence-corrected chi connectivity index (χ1v) is 11.0. The van der Waals surface area contributed by atoms with Gasteiger partial charge in [0.2, 0.25) is 0 Å². The molecule has 0 radical (unpaired) electrons. The number of anilines is 1. The Morgan fingerprint density at radius 1 is 1.00 bits per heavy atom. The van der Waals surface area contributed by atoms with Crippen molar-refractivity contribution in [3.63, 3.8) is 0 Å². The minimum absolute atomic E-state index is 0.113. The summed E-state index contributed by atoms with van der Waals surface area (Å²) in [6, 6.07) is 13.0. The highest BCUT2D eigenvalue weighted by Crippen LogP contribution is 2.29. The second-order valence-electron chi connectivity index (χ2n) is 6.40. The highest BCUT2D eigenvalue weighted by molar-refractivity contribution is 7.06. The van der Waals surface area contributed by atoms with Gasteiger partial charge in [0.1, 0.15) is 13.8 Å². The van der Waals surface area contributed by atoms with Gasteiger partial charge in [0, 0.05) is 6.07 Å². The number of nitrogens with one attached hydrogen (secondary N) is 1. The molecule has 25 heavy (non-hydrogen) atoms. The summed E-state index contributed by atoms with van der Waals surface area (Å²) < 4.78 is 0. The molecule has 0 aliphatic rings. The standard InChI is InChI=1S/C16H18N4O4Si/c1-25(2,3)16(12-7-5-4-6-8-12)18-17-14-10-9-13(19(21)22)11-15(14)20(23)24/h4-11,17H,1-3H3/b18-16-. The van der Waals surface area contributed by atoms with E-state index < -0.39 is 17.9 Å². The molecule has 8 nitrogen and oxygen atoms in total. The van der Waals surface area contributed by atoms with Crippen LogP contribution in [-0.4, -0.2) is 23.3 Å². The second kappa shape index (κ2) is 7.22. The van der Waals surface area contributed by atoms with Crippen LogP contribution >= 0.6 is 0 Å². The van der Waals surface area contributed by atoms with E-state index in [1.54, 1.807) is 0 Å². The Labute approximate surface area is 145 Å². The van der Waals surface area contributed by atoms with Gasteiger partial charge in [-0.05, 0) is 11.6 Å². The smallest absolute Gasteiger partial charge is 0.272 e. The van der Waals surface area contributed by atoms with Crippen LogP contribution in [0.5, 0.6) is 0 Å². The van der Waals surface area contributed by atoms with Crippen LogP contribution in [0.3, 0.4) is 0 Å². The molecular formula is C16H18N4O4Si. The topological polar surface area (TPSA) is 111 Å². The predicted octanol–water partition coefficient (Wildman–Crippen LogP) is 4.20. The summed E-state index contributed by atoms with van der Waals surface area (Å²) >= 11 is 0. The Bertz CT molecular complexity index is 832. The van der Waals surface area contributed by atoms with E-state index in [-0.39, 0.29) is 17.1 Å². The number of hydrogen-bond donors (Lipinski definition) is 1. The monoisotopic (exact) mass is 358 g/mol. The Balaban J connectivity index is 2.44. The predicted molar refractivity (Wildman–Crippen MR) is 99.7 cm³/mol. The molecule has 2 rings (SSSR count). The van der Waals surface area contributed by atoms with E-state index in [1.807, 2.05) is 30.3 Å². The third kappa shape index (κ3) is 4.48. The number of nitro benzene ring substituents is 2. The minimum atomic E-state index is -1.85. The van der Waals surface area contributed by atoms with Gasteiger partial charge in [-0.15, -0.1) is 0 Å². The molecule has 0 aromatic heterocycles. The number of non-ortho nitro benzene ring substituents is 1. The van der Waals surface area contributed by atoms with E-state index in [2.05, 4.69) is 30.2 Å². The van der Waals surface area contributed by atoms with Crippen LogP contribution in [-0.2, 0) is 0 Å². The zero-order valence-electron chi connectivity index (χ0n) is 14.1. The molecular weight excluding hydrogens is 340 g/mol. The average molecular weight is 358 g/mol. The Hall–Kier alpha value is -3.07. The first kappa shape index (κ1) is 18.3. The summed E-state index contributed by atoms with van der Waals surface area (Å²) in [7, 11) is -1.85. The lowest BCUT2D eigenvalue weighted by Crippen LogP contribution is -2.35. The molecule has 1 N–H and O–H groups in total. The van der Waals surface area contributed by atoms with E-state index >= 15 is 0 Å². The first-order valence-electron chi connectivity index (χ1n) is 7.52. The van der Waals surface area contributed by atoms with Gasteiger partial charge in [0.25, 0.3) is 5.69 Å². The summed E-state index contributed by atoms with van der Waals surface area (Å²) in [5.41, 5.74) is 3.05. The Morgan fingerprint density at radius 2 is 1.64 bits per heavy atom. The minimum Gasteiger partial charge on any atom is -0.272 e. The summed E-state index contributed by atoms with van der Waals surface area (Å²) in [5.74, 6) is 0. The zero-order valence-corrected chi connectivity index (χ0v) is 15.1. The van der Waals surface area contributed by atoms with E-state index in [9.17, 15) is 20.2 Å². The van der Waals surface area contributed by atoms with E-state index in [4.69, 9.17) is 0 Å². The number of benzene rings is 2. The number of hydrogen-bond acceptors (Lipinski definition) is 6. The molecule has 0 spiro atoms. The van der Waals surface area contributed by atoms with Crippen molar-refractivity contribution in [3.05, 3.63) is 74.3 Å². The molecule has 0 saturated carbocycles. The maximum absolute atomic E-state index is 11.2. The van der Waals surface area contributed by atoms with Crippen molar-refractivity contribution in [3.8, 4) is 0 Å². The summed E-state index contributed by atoms with van der Waals surface area (Å²) in [5, 5.41) is 27.3. The molecule has 0 amide bonds. The zero-order chi connectivity index (χ0) is 18.6. The summed E-state index contributed by atoms with van der Waals surface area (Å²) in [6.07, 6.45) is 0. The fourth-order valence-corrected chi connectivity index (χ4v) is 3.68. The third-order valence-corrected chi connectivity index (χ3v) is 5.26. The van der Waals surface area contributed by atoms with Gasteiger partial charge in [-0.3, -0.25) is 25.7 Å². The van der Waals surface area contributed by atoms with Gasteiger partial charge in [0.05, 0.1) is 21.2 Å². The maximum Gasteiger partial charge on any atom is 0.301 e. The fourth-order valence-electron chi connectivity index (χ4n) is 2.26. The molecule has 0 atom stereocenters. The van der Waals surface area contributed by atoms with E-state index in [0.717, 1.165) is 17.0 Å². The molecule has 0 heterocycles. The molecule has 130 valence electrons. The molecule has 0 aliphatic carbocycles. The molecule has 0 unspecified atom stereocenters. The number of nitrogens with zero attached hydrogens (tertiary/aromatic N) is 3. The Morgan fingerprint density at radius 3 is 2.16 bits per heavy atom. The van der Waals surface area contributed by atoms with Gasteiger partial charge in [-0.1, -0.05) is 50.0 Å². The molecule has 9 heteroatoms. The molecule has 2 aromatic carbocycles. The van der Waals surface area contributed by atoms with Crippen molar-refractivity contribution in [1.82, 2.24) is 0 Å². The van der Waals surface area contributed by atoms with E-state index in [1.165, 1.54) is 12.1 Å². The van der Waals surface area contributed by atoms with Crippen LogP contribution in [0.1, 0.15) is 5.56 Å². The van der Waals surface area contributed by atoms with Crippen LogP contribution in [0.4, 0.5) is 17.1 Å². The largest absolute Gasteiger partial charge is 0.301 e. The molecule has 0 aliphatic heterocycles. The van der Waals surface area contributed by atoms with Crippen LogP contribution in [0.2, 0.25) is 19.6 Å². The molecule has 0 saturated heterocycles. The second-order valence-corrected chi connectivity index (χ2v) is 11.4. The fraction of sp³-hybridized carbons (Fsp3) is 0.188. The van der Waals surface area contributed by atoms with Gasteiger partial charge in [-0.25, -0.2) is 0 Å². The number of rotatable bonds is 6. The van der Waals surface area contributed by atoms with Gasteiger partial charge in [0.15, 0.2) is 0 Å². The maximum atomic E-state index is 11.2. The van der Waals surface area contributed by atoms with Crippen LogP contribution < -0.4 is 5.43 Å². The summed E-state index contributed by atoms with van der Waals surface area (Å²) in [4.78, 5) is 20.7. The third-order valence-electron chi connectivity index (χ3n) is 3.43. The quantitative estimate of drug-likeness (QED) is 0.360. The highest BCUT2D eigenvalue weighted by Gasteiger charge is 2.24. The van der Waals surface area contributed by atoms with Crippen LogP contribution in [0, 0.1) is 20.2 Å². The van der Waals surface area contributed by atoms with Crippen LogP contribution in [0.25, 0.3) is 0 Å². The number of hydrazone groups is 1. The van der Waals surface area contributed by atoms with Crippen molar-refractivity contribution in [2.45, 2.75) is 19.6 Å². The van der Waals surface area contributed by atoms with Gasteiger partial charge >= 0.3 is 5.69 Å². The summed E-state index contributed by atoms with van der Waals surface area (Å²) in [6.45, 7) is 6.35.